The van der Waals surface area contributed by atoms with Gasteiger partial charge in [0.15, 0.2) is 0 Å². The summed E-state index contributed by atoms with van der Waals surface area (Å²) in [5.74, 6) is -0.921. The first-order valence-electron chi connectivity index (χ1n) is 8.78. The van der Waals surface area contributed by atoms with E-state index in [0.717, 1.165) is 5.56 Å². The first-order valence-corrected chi connectivity index (χ1v) is 8.78. The van der Waals surface area contributed by atoms with Gasteiger partial charge in [-0.05, 0) is 31.2 Å². The summed E-state index contributed by atoms with van der Waals surface area (Å²) in [5, 5.41) is 19.5. The van der Waals surface area contributed by atoms with Crippen molar-refractivity contribution in [2.24, 2.45) is 5.92 Å². The quantitative estimate of drug-likeness (QED) is 0.859. The number of benzene rings is 1. The Labute approximate surface area is 152 Å². The van der Waals surface area contributed by atoms with Crippen LogP contribution < -0.4 is 0 Å². The van der Waals surface area contributed by atoms with Gasteiger partial charge in [-0.15, -0.1) is 0 Å². The van der Waals surface area contributed by atoms with Crippen molar-refractivity contribution in [1.82, 2.24) is 4.90 Å². The minimum absolute atomic E-state index is 0.102. The van der Waals surface area contributed by atoms with Crippen LogP contribution >= 0.6 is 0 Å². The number of nitrogens with zero attached hydrogens (tertiary/aromatic N) is 1. The second kappa shape index (κ2) is 7.74. The van der Waals surface area contributed by atoms with Crippen LogP contribution in [0.3, 0.4) is 0 Å². The SMILES string of the molecule is Cc1coc(CC(=O)O)c1C(=O)N1CCC(C(O)c2ccccc2)CC1. The normalized spacial score (nSPS) is 16.5. The van der Waals surface area contributed by atoms with Crippen LogP contribution in [0.1, 0.15) is 46.2 Å². The molecule has 2 aromatic rings. The van der Waals surface area contributed by atoms with E-state index >= 15 is 0 Å². The van der Waals surface area contributed by atoms with Crippen LogP contribution in [0, 0.1) is 12.8 Å². The molecule has 0 saturated carbocycles. The second-order valence-electron chi connectivity index (χ2n) is 6.77. The zero-order chi connectivity index (χ0) is 18.7. The Morgan fingerprint density at radius 1 is 1.23 bits per heavy atom. The summed E-state index contributed by atoms with van der Waals surface area (Å²) in [6.07, 6.45) is 1.99. The number of rotatable bonds is 5. The number of aliphatic carboxylic acids is 1. The molecule has 1 aromatic heterocycles. The van der Waals surface area contributed by atoms with Crippen molar-refractivity contribution < 1.29 is 24.2 Å². The number of piperidine rings is 1. The van der Waals surface area contributed by atoms with Crippen LogP contribution in [0.2, 0.25) is 0 Å². The molecule has 1 aliphatic rings. The number of hydrogen-bond donors (Lipinski definition) is 2. The lowest BCUT2D eigenvalue weighted by Gasteiger charge is -2.34. The maximum atomic E-state index is 12.8. The fourth-order valence-corrected chi connectivity index (χ4v) is 3.55. The molecule has 26 heavy (non-hydrogen) atoms. The molecule has 1 aliphatic heterocycles. The molecule has 1 fully saturated rings. The van der Waals surface area contributed by atoms with Crippen LogP contribution in [0.25, 0.3) is 0 Å². The Balaban J connectivity index is 1.66. The predicted molar refractivity (Wildman–Crippen MR) is 94.8 cm³/mol. The Hall–Kier alpha value is -2.60. The molecule has 0 aliphatic carbocycles. The van der Waals surface area contributed by atoms with Gasteiger partial charge in [-0.25, -0.2) is 0 Å². The van der Waals surface area contributed by atoms with Gasteiger partial charge in [0.05, 0.1) is 17.9 Å². The average molecular weight is 357 g/mol. The third kappa shape index (κ3) is 3.80. The van der Waals surface area contributed by atoms with Crippen LogP contribution in [0.5, 0.6) is 0 Å². The molecule has 6 heteroatoms. The van der Waals surface area contributed by atoms with Crippen molar-refractivity contribution >= 4 is 11.9 Å². The van der Waals surface area contributed by atoms with Crippen LogP contribution in [0.15, 0.2) is 41.0 Å². The van der Waals surface area contributed by atoms with E-state index in [9.17, 15) is 14.7 Å². The van der Waals surface area contributed by atoms with Crippen molar-refractivity contribution in [1.29, 1.82) is 0 Å². The summed E-state index contributed by atoms with van der Waals surface area (Å²) in [4.78, 5) is 25.5. The van der Waals surface area contributed by atoms with Crippen molar-refractivity contribution in [2.45, 2.75) is 32.3 Å². The number of hydrogen-bond acceptors (Lipinski definition) is 4. The molecular weight excluding hydrogens is 334 g/mol. The Morgan fingerprint density at radius 3 is 2.50 bits per heavy atom. The van der Waals surface area contributed by atoms with Gasteiger partial charge < -0.3 is 19.5 Å². The minimum atomic E-state index is -1.03. The van der Waals surface area contributed by atoms with Gasteiger partial charge >= 0.3 is 5.97 Å². The van der Waals surface area contributed by atoms with E-state index in [0.29, 0.717) is 37.1 Å². The Morgan fingerprint density at radius 2 is 1.88 bits per heavy atom. The molecule has 1 amide bonds. The van der Waals surface area contributed by atoms with E-state index in [1.807, 2.05) is 30.3 Å². The lowest BCUT2D eigenvalue weighted by Crippen LogP contribution is -2.40. The molecule has 1 aromatic carbocycles. The maximum Gasteiger partial charge on any atom is 0.311 e. The van der Waals surface area contributed by atoms with Gasteiger partial charge in [-0.1, -0.05) is 30.3 Å². The fraction of sp³-hybridized carbons (Fsp3) is 0.400. The van der Waals surface area contributed by atoms with Gasteiger partial charge in [0, 0.05) is 18.7 Å². The molecular formula is C20H23NO5. The number of carboxylic acid groups (broad SMARTS) is 1. The number of aryl methyl sites for hydroxylation is 1. The molecule has 2 N–H and O–H groups in total. The lowest BCUT2D eigenvalue weighted by molar-refractivity contribution is -0.136. The highest BCUT2D eigenvalue weighted by Gasteiger charge is 2.31. The molecule has 1 atom stereocenters. The topological polar surface area (TPSA) is 91.0 Å². The van der Waals surface area contributed by atoms with Gasteiger partial charge in [-0.2, -0.15) is 0 Å². The van der Waals surface area contributed by atoms with Gasteiger partial charge in [-0.3, -0.25) is 9.59 Å². The lowest BCUT2D eigenvalue weighted by atomic mass is 9.87. The zero-order valence-electron chi connectivity index (χ0n) is 14.7. The molecule has 3 rings (SSSR count). The largest absolute Gasteiger partial charge is 0.481 e. The molecule has 1 saturated heterocycles. The first-order chi connectivity index (χ1) is 12.5. The molecule has 0 radical (unpaired) electrons. The van der Waals surface area contributed by atoms with E-state index < -0.39 is 12.1 Å². The number of likely N-dealkylation sites (tertiary alicyclic amines) is 1. The highest BCUT2D eigenvalue weighted by molar-refractivity contribution is 5.97. The van der Waals surface area contributed by atoms with Crippen LogP contribution in [-0.4, -0.2) is 40.1 Å². The summed E-state index contributed by atoms with van der Waals surface area (Å²) >= 11 is 0. The van der Waals surface area contributed by atoms with Crippen LogP contribution in [0.4, 0.5) is 0 Å². The maximum absolute atomic E-state index is 12.8. The van der Waals surface area contributed by atoms with Crippen molar-refractivity contribution in [3.63, 3.8) is 0 Å². The number of amides is 1. The smallest absolute Gasteiger partial charge is 0.311 e. The standard InChI is InChI=1S/C20H23NO5/c1-13-12-26-16(11-17(22)23)18(13)20(25)21-9-7-15(8-10-21)19(24)14-5-3-2-4-6-14/h2-6,12,15,19,24H,7-11H2,1H3,(H,22,23). The molecule has 138 valence electrons. The highest BCUT2D eigenvalue weighted by Crippen LogP contribution is 2.31. The second-order valence-corrected chi connectivity index (χ2v) is 6.77. The third-order valence-corrected chi connectivity index (χ3v) is 4.99. The number of carboxylic acids is 1. The summed E-state index contributed by atoms with van der Waals surface area (Å²) in [6, 6.07) is 9.55. The first kappa shape index (κ1) is 18.2. The molecule has 0 bridgehead atoms. The van der Waals surface area contributed by atoms with E-state index in [4.69, 9.17) is 9.52 Å². The molecule has 6 nitrogen and oxygen atoms in total. The predicted octanol–water partition coefficient (Wildman–Crippen LogP) is 2.80. The summed E-state index contributed by atoms with van der Waals surface area (Å²) in [6.45, 7) is 2.81. The number of aliphatic hydroxyl groups excluding tert-OH is 1. The van der Waals surface area contributed by atoms with Gasteiger partial charge in [0.2, 0.25) is 0 Å². The van der Waals surface area contributed by atoms with E-state index in [-0.39, 0.29) is 24.0 Å². The van der Waals surface area contributed by atoms with E-state index in [1.165, 1.54) is 6.26 Å². The Kier molecular flexibility index (Phi) is 5.42. The summed E-state index contributed by atoms with van der Waals surface area (Å²) < 4.78 is 5.27. The summed E-state index contributed by atoms with van der Waals surface area (Å²) in [7, 11) is 0. The number of furan rings is 1. The van der Waals surface area contributed by atoms with Gasteiger partial charge in [0.25, 0.3) is 5.91 Å². The van der Waals surface area contributed by atoms with E-state index in [2.05, 4.69) is 0 Å². The van der Waals surface area contributed by atoms with Crippen molar-refractivity contribution in [2.75, 3.05) is 13.1 Å². The third-order valence-electron chi connectivity index (χ3n) is 4.99. The molecule has 1 unspecified atom stereocenters. The average Bonchev–Trinajstić information content (AvgIpc) is 3.01. The number of aliphatic hydroxyl groups is 1. The van der Waals surface area contributed by atoms with Gasteiger partial charge in [0.1, 0.15) is 12.2 Å². The number of carbonyl (C=O) groups excluding carboxylic acids is 1. The number of carbonyl (C=O) groups is 2. The zero-order valence-corrected chi connectivity index (χ0v) is 14.7. The van der Waals surface area contributed by atoms with Crippen molar-refractivity contribution in [3.05, 3.63) is 59.0 Å². The fourth-order valence-electron chi connectivity index (χ4n) is 3.55. The van der Waals surface area contributed by atoms with E-state index in [1.54, 1.807) is 11.8 Å². The van der Waals surface area contributed by atoms with Crippen molar-refractivity contribution in [3.8, 4) is 0 Å². The Bertz CT molecular complexity index is 775. The highest BCUT2D eigenvalue weighted by atomic mass is 16.4. The molecule has 0 spiro atoms. The minimum Gasteiger partial charge on any atom is -0.481 e. The monoisotopic (exact) mass is 357 g/mol. The molecule has 2 heterocycles. The summed E-state index contributed by atoms with van der Waals surface area (Å²) in [5.41, 5.74) is 1.90. The van der Waals surface area contributed by atoms with Crippen LogP contribution in [-0.2, 0) is 11.2 Å².